The van der Waals surface area contributed by atoms with Crippen LogP contribution in [0.5, 0.6) is 0 Å². The molecule has 0 aromatic carbocycles. The van der Waals surface area contributed by atoms with Gasteiger partial charge < -0.3 is 5.43 Å². The number of nitrogens with one attached hydrogen (secondary N) is 1. The van der Waals surface area contributed by atoms with Crippen LogP contribution >= 0.6 is 0 Å². The van der Waals surface area contributed by atoms with Crippen LogP contribution in [0.15, 0.2) is 23.2 Å². The minimum atomic E-state index is -3.46. The number of hydrazine groups is 1. The Kier molecular flexibility index (Phi) is 4.14. The largest absolute Gasteiger partial charge is 0.308 e. The molecule has 0 radical (unpaired) electrons. The summed E-state index contributed by atoms with van der Waals surface area (Å²) >= 11 is 0. The predicted molar refractivity (Wildman–Crippen MR) is 80.9 cm³/mol. The molecule has 3 rings (SSSR count). The summed E-state index contributed by atoms with van der Waals surface area (Å²) in [5.74, 6) is 6.21. The second-order valence-electron chi connectivity index (χ2n) is 5.89. The van der Waals surface area contributed by atoms with Gasteiger partial charge in [-0.05, 0) is 37.7 Å². The molecule has 0 spiro atoms. The van der Waals surface area contributed by atoms with E-state index in [2.05, 4.69) is 10.4 Å². The van der Waals surface area contributed by atoms with Gasteiger partial charge >= 0.3 is 0 Å². The van der Waals surface area contributed by atoms with Gasteiger partial charge in [-0.1, -0.05) is 12.8 Å². The molecule has 1 aromatic heterocycles. The minimum absolute atomic E-state index is 0.167. The number of anilines is 1. The molecule has 1 aliphatic heterocycles. The standard InChI is InChI=1S/C14H22N4O2S/c15-17-14-10-12(7-8-16-14)21(19,20)18-9-3-6-13(18)11-4-1-2-5-11/h7-8,10-11,13H,1-6,9,15H2,(H,16,17). The minimum Gasteiger partial charge on any atom is -0.308 e. The number of nitrogens with two attached hydrogens (primary N) is 1. The van der Waals surface area contributed by atoms with E-state index in [1.807, 2.05) is 0 Å². The molecule has 2 aliphatic rings. The Morgan fingerprint density at radius 1 is 1.24 bits per heavy atom. The van der Waals surface area contributed by atoms with E-state index in [1.54, 1.807) is 10.4 Å². The summed E-state index contributed by atoms with van der Waals surface area (Å²) < 4.78 is 27.5. The van der Waals surface area contributed by atoms with E-state index in [9.17, 15) is 8.42 Å². The van der Waals surface area contributed by atoms with Crippen molar-refractivity contribution in [3.63, 3.8) is 0 Å². The third kappa shape index (κ3) is 2.77. The van der Waals surface area contributed by atoms with Crippen molar-refractivity contribution < 1.29 is 8.42 Å². The fourth-order valence-electron chi connectivity index (χ4n) is 3.66. The summed E-state index contributed by atoms with van der Waals surface area (Å²) in [6, 6.07) is 3.21. The Bertz CT molecular complexity index is 599. The first-order valence-electron chi connectivity index (χ1n) is 7.57. The zero-order valence-electron chi connectivity index (χ0n) is 12.0. The SMILES string of the molecule is NNc1cc(S(=O)(=O)N2CCCC2C2CCCC2)ccn1. The normalized spacial score (nSPS) is 24.5. The number of rotatable bonds is 4. The molecule has 2 heterocycles. The highest BCUT2D eigenvalue weighted by molar-refractivity contribution is 7.89. The van der Waals surface area contributed by atoms with Crippen molar-refractivity contribution in [2.24, 2.45) is 11.8 Å². The maximum atomic E-state index is 12.9. The van der Waals surface area contributed by atoms with Crippen LogP contribution in [0.1, 0.15) is 38.5 Å². The van der Waals surface area contributed by atoms with E-state index in [1.165, 1.54) is 25.1 Å². The van der Waals surface area contributed by atoms with E-state index in [0.29, 0.717) is 18.3 Å². The van der Waals surface area contributed by atoms with Crippen LogP contribution < -0.4 is 11.3 Å². The monoisotopic (exact) mass is 310 g/mol. The number of nitrogen functional groups attached to an aromatic ring is 1. The smallest absolute Gasteiger partial charge is 0.243 e. The lowest BCUT2D eigenvalue weighted by atomic mass is 9.97. The van der Waals surface area contributed by atoms with Gasteiger partial charge in [0, 0.05) is 24.8 Å². The fourth-order valence-corrected chi connectivity index (χ4v) is 5.43. The molecule has 1 saturated carbocycles. The zero-order valence-corrected chi connectivity index (χ0v) is 12.8. The summed E-state index contributed by atoms with van der Waals surface area (Å²) in [5.41, 5.74) is 2.40. The number of aromatic nitrogens is 1. The van der Waals surface area contributed by atoms with Crippen LogP contribution in [0.25, 0.3) is 0 Å². The van der Waals surface area contributed by atoms with E-state index in [4.69, 9.17) is 5.84 Å². The van der Waals surface area contributed by atoms with Crippen LogP contribution in [0.4, 0.5) is 5.82 Å². The summed E-state index contributed by atoms with van der Waals surface area (Å²) in [5, 5.41) is 0. The van der Waals surface area contributed by atoms with Crippen molar-refractivity contribution >= 4 is 15.8 Å². The average Bonchev–Trinajstić information content (AvgIpc) is 3.17. The lowest BCUT2D eigenvalue weighted by Crippen LogP contribution is -2.39. The van der Waals surface area contributed by atoms with Crippen molar-refractivity contribution in [2.75, 3.05) is 12.0 Å². The van der Waals surface area contributed by atoms with Gasteiger partial charge in [-0.15, -0.1) is 0 Å². The van der Waals surface area contributed by atoms with Gasteiger partial charge in [0.15, 0.2) is 0 Å². The molecule has 116 valence electrons. The zero-order chi connectivity index (χ0) is 14.9. The van der Waals surface area contributed by atoms with Crippen LogP contribution in [-0.4, -0.2) is 30.3 Å². The number of hydrogen-bond donors (Lipinski definition) is 2. The Balaban J connectivity index is 1.89. The quantitative estimate of drug-likeness (QED) is 0.653. The first-order chi connectivity index (χ1) is 10.1. The molecular formula is C14H22N4O2S. The van der Waals surface area contributed by atoms with Crippen molar-refractivity contribution in [1.82, 2.24) is 9.29 Å². The van der Waals surface area contributed by atoms with Gasteiger partial charge in [-0.2, -0.15) is 4.31 Å². The highest BCUT2D eigenvalue weighted by Crippen LogP contribution is 2.38. The summed E-state index contributed by atoms with van der Waals surface area (Å²) in [6.07, 6.45) is 8.18. The number of hydrogen-bond acceptors (Lipinski definition) is 5. The maximum Gasteiger partial charge on any atom is 0.243 e. The number of sulfonamides is 1. The summed E-state index contributed by atoms with van der Waals surface area (Å²) in [6.45, 7) is 0.622. The lowest BCUT2D eigenvalue weighted by molar-refractivity contribution is 0.288. The molecule has 2 fully saturated rings. The highest BCUT2D eigenvalue weighted by Gasteiger charge is 2.40. The second-order valence-corrected chi connectivity index (χ2v) is 7.78. The third-order valence-corrected chi connectivity index (χ3v) is 6.60. The molecule has 1 unspecified atom stereocenters. The van der Waals surface area contributed by atoms with E-state index < -0.39 is 10.0 Å². The maximum absolute atomic E-state index is 12.9. The molecule has 0 amide bonds. The van der Waals surface area contributed by atoms with Gasteiger partial charge in [0.05, 0.1) is 4.90 Å². The second kappa shape index (κ2) is 5.90. The van der Waals surface area contributed by atoms with Gasteiger partial charge in [-0.25, -0.2) is 19.2 Å². The highest BCUT2D eigenvalue weighted by atomic mass is 32.2. The number of nitrogens with zero attached hydrogens (tertiary/aromatic N) is 2. The van der Waals surface area contributed by atoms with Crippen LogP contribution in [0.3, 0.4) is 0 Å². The molecule has 1 aliphatic carbocycles. The molecule has 3 N–H and O–H groups in total. The Hall–Kier alpha value is -1.18. The molecule has 0 bridgehead atoms. The fraction of sp³-hybridized carbons (Fsp3) is 0.643. The average molecular weight is 310 g/mol. The molecule has 7 heteroatoms. The van der Waals surface area contributed by atoms with Gasteiger partial charge in [-0.3, -0.25) is 0 Å². The number of pyridine rings is 1. The lowest BCUT2D eigenvalue weighted by Gasteiger charge is -2.28. The topological polar surface area (TPSA) is 88.3 Å². The van der Waals surface area contributed by atoms with E-state index >= 15 is 0 Å². The van der Waals surface area contributed by atoms with E-state index in [0.717, 1.165) is 25.7 Å². The molecule has 6 nitrogen and oxygen atoms in total. The third-order valence-electron chi connectivity index (χ3n) is 4.68. The van der Waals surface area contributed by atoms with Gasteiger partial charge in [0.25, 0.3) is 0 Å². The Morgan fingerprint density at radius 2 is 2.00 bits per heavy atom. The molecule has 21 heavy (non-hydrogen) atoms. The van der Waals surface area contributed by atoms with Crippen LogP contribution in [-0.2, 0) is 10.0 Å². The molecule has 1 atom stereocenters. The van der Waals surface area contributed by atoms with Crippen LogP contribution in [0.2, 0.25) is 0 Å². The summed E-state index contributed by atoms with van der Waals surface area (Å²) in [4.78, 5) is 4.25. The van der Waals surface area contributed by atoms with Crippen molar-refractivity contribution in [2.45, 2.75) is 49.5 Å². The molecule has 1 saturated heterocycles. The molecule has 1 aromatic rings. The Labute approximate surface area is 125 Å². The van der Waals surface area contributed by atoms with Crippen molar-refractivity contribution in [3.05, 3.63) is 18.3 Å². The van der Waals surface area contributed by atoms with Crippen LogP contribution in [0, 0.1) is 5.92 Å². The predicted octanol–water partition coefficient (Wildman–Crippen LogP) is 1.71. The van der Waals surface area contributed by atoms with Crippen molar-refractivity contribution in [3.8, 4) is 0 Å². The van der Waals surface area contributed by atoms with Crippen molar-refractivity contribution in [1.29, 1.82) is 0 Å². The van der Waals surface area contributed by atoms with Gasteiger partial charge in [0.2, 0.25) is 10.0 Å². The van der Waals surface area contributed by atoms with Gasteiger partial charge in [0.1, 0.15) is 5.82 Å². The van der Waals surface area contributed by atoms with E-state index in [-0.39, 0.29) is 10.9 Å². The first-order valence-corrected chi connectivity index (χ1v) is 9.01. The Morgan fingerprint density at radius 3 is 2.71 bits per heavy atom. The first kappa shape index (κ1) is 14.7. The summed E-state index contributed by atoms with van der Waals surface area (Å²) in [7, 11) is -3.46. The molecular weight excluding hydrogens is 288 g/mol.